The predicted molar refractivity (Wildman–Crippen MR) is 140 cm³/mol. The molecular weight excluding hydrogens is 454 g/mol. The van der Waals surface area contributed by atoms with Gasteiger partial charge in [-0.25, -0.2) is 0 Å². The molecule has 7 nitrogen and oxygen atoms in total. The van der Waals surface area contributed by atoms with Gasteiger partial charge in [0.25, 0.3) is 5.91 Å². The molecule has 1 saturated carbocycles. The standard InChI is InChI=1S/C29H35N3O4/c1-29(28(34)30-21-12-8-5-9-13-21)19-31-23(18-22-24(35-2)14-15-25(36-3)26(22)31)27(33)32(29)17-16-20-10-6-4-7-11-20/h4,6-7,10-11,14-15,18,21H,5,8-9,12-13,16-17,19H2,1-3H3,(H,30,34)/t29-/m1/s1. The number of amides is 2. The van der Waals surface area contributed by atoms with Crippen LogP contribution in [0.1, 0.15) is 55.1 Å². The first-order chi connectivity index (χ1) is 17.5. The highest BCUT2D eigenvalue weighted by Crippen LogP contribution is 2.40. The highest BCUT2D eigenvalue weighted by molar-refractivity contribution is 6.06. The van der Waals surface area contributed by atoms with Crippen molar-refractivity contribution in [1.82, 2.24) is 14.8 Å². The molecule has 0 bridgehead atoms. The van der Waals surface area contributed by atoms with Crippen LogP contribution >= 0.6 is 0 Å². The summed E-state index contributed by atoms with van der Waals surface area (Å²) >= 11 is 0. The van der Waals surface area contributed by atoms with E-state index in [9.17, 15) is 9.59 Å². The van der Waals surface area contributed by atoms with Crippen molar-refractivity contribution in [3.63, 3.8) is 0 Å². The number of ether oxygens (including phenoxy) is 2. The Morgan fingerprint density at radius 3 is 2.42 bits per heavy atom. The number of carbonyl (C=O) groups is 2. The number of hydrogen-bond donors (Lipinski definition) is 1. The molecule has 1 N–H and O–H groups in total. The molecule has 1 aromatic heterocycles. The van der Waals surface area contributed by atoms with Crippen molar-refractivity contribution in [3.05, 3.63) is 59.8 Å². The third-order valence-electron chi connectivity index (χ3n) is 7.84. The third-order valence-corrected chi connectivity index (χ3v) is 7.84. The van der Waals surface area contributed by atoms with Gasteiger partial charge in [0.15, 0.2) is 0 Å². The molecule has 2 aromatic carbocycles. The summed E-state index contributed by atoms with van der Waals surface area (Å²) in [5, 5.41) is 4.10. The Labute approximate surface area is 212 Å². The lowest BCUT2D eigenvalue weighted by Gasteiger charge is -2.45. The summed E-state index contributed by atoms with van der Waals surface area (Å²) in [5.74, 6) is 1.08. The largest absolute Gasteiger partial charge is 0.496 e. The van der Waals surface area contributed by atoms with E-state index in [4.69, 9.17) is 9.47 Å². The first kappa shape index (κ1) is 24.2. The maximum atomic E-state index is 14.1. The highest BCUT2D eigenvalue weighted by Gasteiger charge is 2.48. The number of fused-ring (bicyclic) bond motifs is 3. The van der Waals surface area contributed by atoms with Crippen LogP contribution in [0, 0.1) is 0 Å². The average Bonchev–Trinajstić information content (AvgIpc) is 3.28. The van der Waals surface area contributed by atoms with E-state index in [1.807, 2.05) is 47.9 Å². The Kier molecular flexibility index (Phi) is 6.65. The number of nitrogens with zero attached hydrogens (tertiary/aromatic N) is 2. The van der Waals surface area contributed by atoms with Gasteiger partial charge >= 0.3 is 0 Å². The quantitative estimate of drug-likeness (QED) is 0.528. The lowest BCUT2D eigenvalue weighted by atomic mass is 9.91. The van der Waals surface area contributed by atoms with Crippen molar-refractivity contribution in [1.29, 1.82) is 0 Å². The second-order valence-corrected chi connectivity index (χ2v) is 10.1. The molecule has 0 saturated heterocycles. The monoisotopic (exact) mass is 489 g/mol. The SMILES string of the molecule is COc1ccc(OC)c2c1cc1n2C[C@](C)(C(=O)NC2CCCCC2)N(CCc2ccccc2)C1=O. The van der Waals surface area contributed by atoms with Gasteiger partial charge in [-0.15, -0.1) is 0 Å². The average molecular weight is 490 g/mol. The van der Waals surface area contributed by atoms with E-state index in [1.165, 1.54) is 6.42 Å². The summed E-state index contributed by atoms with van der Waals surface area (Å²) in [6.45, 7) is 2.69. The number of aromatic nitrogens is 1. The molecule has 1 aliphatic heterocycles. The molecule has 2 heterocycles. The van der Waals surface area contributed by atoms with E-state index < -0.39 is 5.54 Å². The highest BCUT2D eigenvalue weighted by atomic mass is 16.5. The lowest BCUT2D eigenvalue weighted by Crippen LogP contribution is -2.65. The minimum atomic E-state index is -1.05. The molecule has 0 spiro atoms. The van der Waals surface area contributed by atoms with Crippen LogP contribution in [0.15, 0.2) is 48.5 Å². The van der Waals surface area contributed by atoms with Crippen molar-refractivity contribution in [3.8, 4) is 11.5 Å². The minimum absolute atomic E-state index is 0.0924. The zero-order valence-electron chi connectivity index (χ0n) is 21.4. The van der Waals surface area contributed by atoms with Crippen LogP contribution in [0.25, 0.3) is 10.9 Å². The fourth-order valence-electron chi connectivity index (χ4n) is 5.78. The summed E-state index contributed by atoms with van der Waals surface area (Å²) in [5.41, 5.74) is 1.41. The van der Waals surface area contributed by atoms with Gasteiger partial charge in [0.2, 0.25) is 5.91 Å². The molecule has 5 rings (SSSR count). The van der Waals surface area contributed by atoms with E-state index in [1.54, 1.807) is 19.1 Å². The van der Waals surface area contributed by atoms with Gasteiger partial charge in [0, 0.05) is 18.0 Å². The normalized spacial score (nSPS) is 20.3. The number of methoxy groups -OCH3 is 2. The Bertz CT molecular complexity index is 1260. The van der Waals surface area contributed by atoms with E-state index in [0.29, 0.717) is 36.7 Å². The second-order valence-electron chi connectivity index (χ2n) is 10.1. The summed E-state index contributed by atoms with van der Waals surface area (Å²) in [6, 6.07) is 15.8. The van der Waals surface area contributed by atoms with E-state index in [2.05, 4.69) is 17.4 Å². The van der Waals surface area contributed by atoms with E-state index in [-0.39, 0.29) is 17.9 Å². The van der Waals surface area contributed by atoms with Crippen molar-refractivity contribution in [2.75, 3.05) is 20.8 Å². The molecule has 2 amide bonds. The molecular formula is C29H35N3O4. The van der Waals surface area contributed by atoms with Crippen LogP contribution in [0.5, 0.6) is 11.5 Å². The molecule has 0 unspecified atom stereocenters. The number of hydrogen-bond acceptors (Lipinski definition) is 4. The first-order valence-corrected chi connectivity index (χ1v) is 12.9. The fraction of sp³-hybridized carbons (Fsp3) is 0.448. The Morgan fingerprint density at radius 2 is 1.72 bits per heavy atom. The van der Waals surface area contributed by atoms with Crippen LogP contribution in [-0.4, -0.2) is 53.6 Å². The van der Waals surface area contributed by atoms with Gasteiger partial charge in [-0.2, -0.15) is 0 Å². The van der Waals surface area contributed by atoms with Crippen molar-refractivity contribution < 1.29 is 19.1 Å². The van der Waals surface area contributed by atoms with Crippen molar-refractivity contribution in [2.24, 2.45) is 0 Å². The Hall–Kier alpha value is -3.48. The van der Waals surface area contributed by atoms with Gasteiger partial charge < -0.3 is 24.3 Å². The Balaban J connectivity index is 1.57. The smallest absolute Gasteiger partial charge is 0.271 e. The summed E-state index contributed by atoms with van der Waals surface area (Å²) in [4.78, 5) is 29.8. The summed E-state index contributed by atoms with van der Waals surface area (Å²) in [7, 11) is 3.24. The van der Waals surface area contributed by atoms with Crippen LogP contribution in [0.3, 0.4) is 0 Å². The number of carbonyl (C=O) groups excluding carboxylic acids is 2. The topological polar surface area (TPSA) is 72.8 Å². The molecule has 1 atom stereocenters. The second kappa shape index (κ2) is 9.88. The first-order valence-electron chi connectivity index (χ1n) is 12.9. The van der Waals surface area contributed by atoms with Gasteiger partial charge in [-0.05, 0) is 49.9 Å². The molecule has 1 fully saturated rings. The molecule has 36 heavy (non-hydrogen) atoms. The van der Waals surface area contributed by atoms with Crippen LogP contribution < -0.4 is 14.8 Å². The molecule has 1 aliphatic carbocycles. The molecule has 190 valence electrons. The maximum Gasteiger partial charge on any atom is 0.271 e. The molecule has 0 radical (unpaired) electrons. The minimum Gasteiger partial charge on any atom is -0.496 e. The number of nitrogens with one attached hydrogen (secondary N) is 1. The third kappa shape index (κ3) is 4.21. The van der Waals surface area contributed by atoms with Gasteiger partial charge in [0.05, 0.1) is 26.3 Å². The van der Waals surface area contributed by atoms with Gasteiger partial charge in [0.1, 0.15) is 22.7 Å². The molecule has 3 aromatic rings. The summed E-state index contributed by atoms with van der Waals surface area (Å²) in [6.07, 6.45) is 6.12. The fourth-order valence-corrected chi connectivity index (χ4v) is 5.78. The zero-order chi connectivity index (χ0) is 25.3. The number of rotatable bonds is 7. The van der Waals surface area contributed by atoms with Crippen LogP contribution in [0.2, 0.25) is 0 Å². The molecule has 2 aliphatic rings. The van der Waals surface area contributed by atoms with E-state index in [0.717, 1.165) is 42.1 Å². The van der Waals surface area contributed by atoms with Crippen molar-refractivity contribution >= 4 is 22.7 Å². The van der Waals surface area contributed by atoms with Gasteiger partial charge in [-0.3, -0.25) is 9.59 Å². The maximum absolute atomic E-state index is 14.1. The summed E-state index contributed by atoms with van der Waals surface area (Å²) < 4.78 is 13.2. The zero-order valence-corrected chi connectivity index (χ0v) is 21.4. The molecule has 7 heteroatoms. The van der Waals surface area contributed by atoms with Crippen LogP contribution in [-0.2, 0) is 17.8 Å². The lowest BCUT2D eigenvalue weighted by molar-refractivity contribution is -0.133. The van der Waals surface area contributed by atoms with Crippen LogP contribution in [0.4, 0.5) is 0 Å². The van der Waals surface area contributed by atoms with E-state index >= 15 is 0 Å². The Morgan fingerprint density at radius 1 is 1.03 bits per heavy atom. The van der Waals surface area contributed by atoms with Gasteiger partial charge in [-0.1, -0.05) is 49.6 Å². The predicted octanol–water partition coefficient (Wildman–Crippen LogP) is 4.56. The number of benzene rings is 2. The van der Waals surface area contributed by atoms with Crippen molar-refractivity contribution in [2.45, 2.75) is 63.6 Å².